The Hall–Kier alpha value is -1.03. The average Bonchev–Trinajstić information content (AvgIpc) is 2.26. The van der Waals surface area contributed by atoms with Crippen molar-refractivity contribution in [1.29, 1.82) is 0 Å². The molecule has 1 atom stereocenters. The summed E-state index contributed by atoms with van der Waals surface area (Å²) in [6, 6.07) is 4.92. The molecule has 0 spiro atoms. The number of alkyl halides is 3. The molecule has 1 aromatic carbocycles. The van der Waals surface area contributed by atoms with E-state index in [2.05, 4.69) is 0 Å². The summed E-state index contributed by atoms with van der Waals surface area (Å²) in [5.41, 5.74) is -1.60. The van der Waals surface area contributed by atoms with E-state index in [1.807, 2.05) is 0 Å². The molecule has 1 N–H and O–H groups in total. The molecule has 0 radical (unpaired) electrons. The van der Waals surface area contributed by atoms with Gasteiger partial charge in [-0.1, -0.05) is 32.9 Å². The first-order valence-electron chi connectivity index (χ1n) is 5.62. The van der Waals surface area contributed by atoms with Gasteiger partial charge in [0.2, 0.25) is 0 Å². The Bertz CT molecular complexity index is 384. The van der Waals surface area contributed by atoms with E-state index in [1.165, 1.54) is 6.07 Å². The molecule has 4 heteroatoms. The summed E-state index contributed by atoms with van der Waals surface area (Å²) in [5.74, 6) is -0.143. The normalized spacial score (nSPS) is 16.0. The first-order chi connectivity index (χ1) is 7.71. The lowest BCUT2D eigenvalue weighted by atomic mass is 9.81. The standard InChI is InChI=1S/C13H17F3O/c1-4-12(17,9(2)3)10-6-5-7-11(8-10)13(14,15)16/h5-9,17H,4H2,1-3H3. The second-order valence-electron chi connectivity index (χ2n) is 4.51. The molecule has 17 heavy (non-hydrogen) atoms. The number of rotatable bonds is 3. The molecule has 1 unspecified atom stereocenters. The van der Waals surface area contributed by atoms with Crippen LogP contribution in [0.4, 0.5) is 13.2 Å². The van der Waals surface area contributed by atoms with Crippen LogP contribution in [0.1, 0.15) is 38.3 Å². The highest BCUT2D eigenvalue weighted by atomic mass is 19.4. The SMILES string of the molecule is CCC(O)(c1cccc(C(F)(F)F)c1)C(C)C. The van der Waals surface area contributed by atoms with Crippen molar-refractivity contribution < 1.29 is 18.3 Å². The number of hydrogen-bond acceptors (Lipinski definition) is 1. The van der Waals surface area contributed by atoms with Gasteiger partial charge in [0.05, 0.1) is 11.2 Å². The first kappa shape index (κ1) is 14.0. The number of hydrogen-bond donors (Lipinski definition) is 1. The molecule has 0 saturated carbocycles. The van der Waals surface area contributed by atoms with E-state index in [0.29, 0.717) is 12.0 Å². The highest BCUT2D eigenvalue weighted by Gasteiger charge is 2.35. The molecule has 96 valence electrons. The minimum atomic E-state index is -4.37. The third-order valence-corrected chi connectivity index (χ3v) is 3.18. The van der Waals surface area contributed by atoms with E-state index < -0.39 is 17.3 Å². The Morgan fingerprint density at radius 1 is 1.18 bits per heavy atom. The number of halogens is 3. The largest absolute Gasteiger partial charge is 0.416 e. The van der Waals surface area contributed by atoms with E-state index in [9.17, 15) is 18.3 Å². The molecule has 1 aromatic rings. The van der Waals surface area contributed by atoms with Crippen molar-refractivity contribution in [3.05, 3.63) is 35.4 Å². The fourth-order valence-electron chi connectivity index (χ4n) is 1.91. The van der Waals surface area contributed by atoms with Gasteiger partial charge >= 0.3 is 6.18 Å². The Morgan fingerprint density at radius 3 is 2.12 bits per heavy atom. The van der Waals surface area contributed by atoms with Crippen LogP contribution in [0.5, 0.6) is 0 Å². The number of aliphatic hydroxyl groups is 1. The van der Waals surface area contributed by atoms with Crippen LogP contribution in [-0.4, -0.2) is 5.11 Å². The Morgan fingerprint density at radius 2 is 1.71 bits per heavy atom. The lowest BCUT2D eigenvalue weighted by Gasteiger charge is -2.32. The quantitative estimate of drug-likeness (QED) is 0.855. The Labute approximate surface area is 99.3 Å². The van der Waals surface area contributed by atoms with Crippen molar-refractivity contribution in [2.75, 3.05) is 0 Å². The Kier molecular flexibility index (Phi) is 3.87. The van der Waals surface area contributed by atoms with Crippen molar-refractivity contribution in [2.45, 2.75) is 39.0 Å². The fourth-order valence-corrected chi connectivity index (χ4v) is 1.91. The van der Waals surface area contributed by atoms with Crippen molar-refractivity contribution in [1.82, 2.24) is 0 Å². The zero-order valence-corrected chi connectivity index (χ0v) is 10.2. The van der Waals surface area contributed by atoms with Crippen LogP contribution < -0.4 is 0 Å². The number of benzene rings is 1. The van der Waals surface area contributed by atoms with Gasteiger partial charge in [-0.25, -0.2) is 0 Å². The van der Waals surface area contributed by atoms with Gasteiger partial charge in [0.25, 0.3) is 0 Å². The predicted molar refractivity (Wildman–Crippen MR) is 60.5 cm³/mol. The fraction of sp³-hybridized carbons (Fsp3) is 0.538. The summed E-state index contributed by atoms with van der Waals surface area (Å²) in [5, 5.41) is 10.4. The van der Waals surface area contributed by atoms with E-state index >= 15 is 0 Å². The van der Waals surface area contributed by atoms with Gasteiger partial charge < -0.3 is 5.11 Å². The van der Waals surface area contributed by atoms with Crippen molar-refractivity contribution >= 4 is 0 Å². The zero-order valence-electron chi connectivity index (χ0n) is 10.2. The van der Waals surface area contributed by atoms with Gasteiger partial charge in [0.1, 0.15) is 0 Å². The molecule has 0 aliphatic carbocycles. The van der Waals surface area contributed by atoms with Crippen molar-refractivity contribution in [2.24, 2.45) is 5.92 Å². The molecule has 0 bridgehead atoms. The van der Waals surface area contributed by atoms with Gasteiger partial charge in [-0.2, -0.15) is 13.2 Å². The average molecular weight is 246 g/mol. The lowest BCUT2D eigenvalue weighted by Crippen LogP contribution is -2.31. The Balaban J connectivity index is 3.24. The maximum atomic E-state index is 12.6. The minimum Gasteiger partial charge on any atom is -0.385 e. The summed E-state index contributed by atoms with van der Waals surface area (Å²) in [6.45, 7) is 5.35. The second kappa shape index (κ2) is 4.69. The smallest absolute Gasteiger partial charge is 0.385 e. The molecule has 0 fully saturated rings. The summed E-state index contributed by atoms with van der Waals surface area (Å²) in [7, 11) is 0. The van der Waals surface area contributed by atoms with Crippen LogP contribution in [0, 0.1) is 5.92 Å². The summed E-state index contributed by atoms with van der Waals surface area (Å²) < 4.78 is 37.7. The topological polar surface area (TPSA) is 20.2 Å². The molecule has 0 aromatic heterocycles. The summed E-state index contributed by atoms with van der Waals surface area (Å²) in [6.07, 6.45) is -3.99. The predicted octanol–water partition coefficient (Wildman–Crippen LogP) is 3.96. The molecule has 1 nitrogen and oxygen atoms in total. The summed E-state index contributed by atoms with van der Waals surface area (Å²) >= 11 is 0. The van der Waals surface area contributed by atoms with E-state index in [4.69, 9.17) is 0 Å². The zero-order chi connectivity index (χ0) is 13.3. The molecular weight excluding hydrogens is 229 g/mol. The van der Waals surface area contributed by atoms with Crippen molar-refractivity contribution in [3.63, 3.8) is 0 Å². The maximum absolute atomic E-state index is 12.6. The minimum absolute atomic E-state index is 0.143. The van der Waals surface area contributed by atoms with Gasteiger partial charge in [0, 0.05) is 0 Å². The molecule has 1 rings (SSSR count). The second-order valence-corrected chi connectivity index (χ2v) is 4.51. The third-order valence-electron chi connectivity index (χ3n) is 3.18. The molecule has 0 heterocycles. The monoisotopic (exact) mass is 246 g/mol. The molecule has 0 amide bonds. The van der Waals surface area contributed by atoms with Gasteiger partial charge in [-0.15, -0.1) is 0 Å². The highest BCUT2D eigenvalue weighted by molar-refractivity contribution is 5.30. The van der Waals surface area contributed by atoms with Gasteiger partial charge in [-0.05, 0) is 30.0 Å². The van der Waals surface area contributed by atoms with Gasteiger partial charge in [0.15, 0.2) is 0 Å². The van der Waals surface area contributed by atoms with Crippen LogP contribution in [0.15, 0.2) is 24.3 Å². The third kappa shape index (κ3) is 2.80. The first-order valence-corrected chi connectivity index (χ1v) is 5.62. The maximum Gasteiger partial charge on any atom is 0.416 e. The van der Waals surface area contributed by atoms with E-state index in [1.54, 1.807) is 26.8 Å². The molecular formula is C13H17F3O. The van der Waals surface area contributed by atoms with Crippen LogP contribution in [-0.2, 0) is 11.8 Å². The van der Waals surface area contributed by atoms with Crippen LogP contribution in [0.25, 0.3) is 0 Å². The highest BCUT2D eigenvalue weighted by Crippen LogP contribution is 2.36. The lowest BCUT2D eigenvalue weighted by molar-refractivity contribution is -0.137. The van der Waals surface area contributed by atoms with Crippen LogP contribution in [0.2, 0.25) is 0 Å². The van der Waals surface area contributed by atoms with Gasteiger partial charge in [-0.3, -0.25) is 0 Å². The van der Waals surface area contributed by atoms with Crippen LogP contribution in [0.3, 0.4) is 0 Å². The van der Waals surface area contributed by atoms with Crippen LogP contribution >= 0.6 is 0 Å². The molecule has 0 aliphatic rings. The van der Waals surface area contributed by atoms with Crippen molar-refractivity contribution in [3.8, 4) is 0 Å². The van der Waals surface area contributed by atoms with E-state index in [0.717, 1.165) is 12.1 Å². The van der Waals surface area contributed by atoms with E-state index in [-0.39, 0.29) is 5.92 Å². The summed E-state index contributed by atoms with van der Waals surface area (Å²) in [4.78, 5) is 0. The molecule has 0 saturated heterocycles. The molecule has 0 aliphatic heterocycles.